The van der Waals surface area contributed by atoms with Gasteiger partial charge in [-0.2, -0.15) is 0 Å². The van der Waals surface area contributed by atoms with Gasteiger partial charge in [-0.25, -0.2) is 4.79 Å². The topological polar surface area (TPSA) is 47.3 Å². The standard InChI is InChI=1S/C11H6Cl2O3/c1-5(14)8-3-6-2-7(12)4-9(13)10(6)16-11(8)15/h2-4H,1H3. The summed E-state index contributed by atoms with van der Waals surface area (Å²) in [6.45, 7) is 1.30. The molecule has 0 aliphatic heterocycles. The number of carbonyl (C=O) groups is 1. The van der Waals surface area contributed by atoms with Gasteiger partial charge in [-0.15, -0.1) is 0 Å². The minimum absolute atomic E-state index is 0.00849. The first kappa shape index (κ1) is 11.2. The molecule has 0 fully saturated rings. The van der Waals surface area contributed by atoms with Gasteiger partial charge in [0.05, 0.1) is 5.02 Å². The molecule has 0 amide bonds. The Balaban J connectivity index is 2.90. The molecular weight excluding hydrogens is 251 g/mol. The molecule has 2 aromatic rings. The van der Waals surface area contributed by atoms with Crippen LogP contribution < -0.4 is 5.63 Å². The molecule has 2 rings (SSSR count). The molecule has 1 aromatic heterocycles. The van der Waals surface area contributed by atoms with Crippen molar-refractivity contribution in [2.24, 2.45) is 0 Å². The molecule has 0 N–H and O–H groups in total. The molecule has 0 unspecified atom stereocenters. The summed E-state index contributed by atoms with van der Waals surface area (Å²) in [6.07, 6.45) is 0. The van der Waals surface area contributed by atoms with Gasteiger partial charge < -0.3 is 4.42 Å². The van der Waals surface area contributed by atoms with Crippen LogP contribution in [0.25, 0.3) is 11.0 Å². The Labute approximate surface area is 101 Å². The van der Waals surface area contributed by atoms with Gasteiger partial charge in [-0.3, -0.25) is 4.79 Å². The average molecular weight is 257 g/mol. The van der Waals surface area contributed by atoms with E-state index in [1.54, 1.807) is 6.07 Å². The van der Waals surface area contributed by atoms with Crippen LogP contribution in [0.15, 0.2) is 27.4 Å². The molecule has 0 aliphatic rings. The number of fused-ring (bicyclic) bond motifs is 1. The van der Waals surface area contributed by atoms with E-state index in [0.29, 0.717) is 10.4 Å². The lowest BCUT2D eigenvalue weighted by Crippen LogP contribution is -2.11. The van der Waals surface area contributed by atoms with Crippen LogP contribution in [-0.4, -0.2) is 5.78 Å². The zero-order chi connectivity index (χ0) is 11.9. The fourth-order valence-corrected chi connectivity index (χ4v) is 1.95. The molecule has 16 heavy (non-hydrogen) atoms. The Morgan fingerprint density at radius 3 is 2.56 bits per heavy atom. The number of hydrogen-bond donors (Lipinski definition) is 0. The van der Waals surface area contributed by atoms with Gasteiger partial charge in [0.25, 0.3) is 0 Å². The zero-order valence-electron chi connectivity index (χ0n) is 8.21. The van der Waals surface area contributed by atoms with Gasteiger partial charge in [0.15, 0.2) is 11.4 Å². The molecule has 0 bridgehead atoms. The smallest absolute Gasteiger partial charge is 0.347 e. The first-order valence-corrected chi connectivity index (χ1v) is 5.18. The quantitative estimate of drug-likeness (QED) is 0.581. The number of ketones is 1. The summed E-state index contributed by atoms with van der Waals surface area (Å²) in [7, 11) is 0. The van der Waals surface area contributed by atoms with Crippen LogP contribution in [0.4, 0.5) is 0 Å². The van der Waals surface area contributed by atoms with E-state index in [-0.39, 0.29) is 22.0 Å². The third kappa shape index (κ3) is 1.84. The Hall–Kier alpha value is -1.32. The van der Waals surface area contributed by atoms with Gasteiger partial charge in [-0.1, -0.05) is 23.2 Å². The molecular formula is C11H6Cl2O3. The molecule has 1 heterocycles. The van der Waals surface area contributed by atoms with Crippen molar-refractivity contribution in [1.29, 1.82) is 0 Å². The van der Waals surface area contributed by atoms with E-state index in [2.05, 4.69) is 0 Å². The minimum atomic E-state index is -0.691. The van der Waals surface area contributed by atoms with Gasteiger partial charge in [0, 0.05) is 10.4 Å². The summed E-state index contributed by atoms with van der Waals surface area (Å²) >= 11 is 11.7. The Bertz CT molecular complexity index is 643. The maximum absolute atomic E-state index is 11.4. The summed E-state index contributed by atoms with van der Waals surface area (Å²) in [5.41, 5.74) is -0.462. The van der Waals surface area contributed by atoms with E-state index >= 15 is 0 Å². The summed E-state index contributed by atoms with van der Waals surface area (Å²) in [6, 6.07) is 4.49. The van der Waals surface area contributed by atoms with Crippen LogP contribution in [-0.2, 0) is 0 Å². The molecule has 0 radical (unpaired) electrons. The van der Waals surface area contributed by atoms with Crippen LogP contribution in [0.1, 0.15) is 17.3 Å². The van der Waals surface area contributed by atoms with Crippen LogP contribution in [0.3, 0.4) is 0 Å². The Morgan fingerprint density at radius 2 is 1.94 bits per heavy atom. The fraction of sp³-hybridized carbons (Fsp3) is 0.0909. The number of carbonyl (C=O) groups excluding carboxylic acids is 1. The van der Waals surface area contributed by atoms with E-state index in [1.165, 1.54) is 19.1 Å². The number of benzene rings is 1. The van der Waals surface area contributed by atoms with E-state index in [4.69, 9.17) is 27.6 Å². The fourth-order valence-electron chi connectivity index (χ4n) is 1.40. The van der Waals surface area contributed by atoms with Crippen molar-refractivity contribution in [3.05, 3.63) is 44.2 Å². The molecule has 5 heteroatoms. The first-order valence-electron chi connectivity index (χ1n) is 4.43. The van der Waals surface area contributed by atoms with Gasteiger partial charge in [-0.05, 0) is 25.1 Å². The van der Waals surface area contributed by atoms with Crippen molar-refractivity contribution in [1.82, 2.24) is 0 Å². The maximum atomic E-state index is 11.4. The van der Waals surface area contributed by atoms with Gasteiger partial charge >= 0.3 is 5.63 Å². The summed E-state index contributed by atoms with van der Waals surface area (Å²) in [5, 5.41) is 1.19. The molecule has 1 aromatic carbocycles. The summed E-state index contributed by atoms with van der Waals surface area (Å²) in [4.78, 5) is 22.6. The van der Waals surface area contributed by atoms with Crippen LogP contribution in [0.5, 0.6) is 0 Å². The number of Topliss-reactive ketones (excluding diaryl/α,β-unsaturated/α-hetero) is 1. The second kappa shape index (κ2) is 3.92. The van der Waals surface area contributed by atoms with E-state index in [0.717, 1.165) is 0 Å². The number of halogens is 2. The molecule has 0 atom stereocenters. The molecule has 0 spiro atoms. The van der Waals surface area contributed by atoms with Crippen molar-refractivity contribution in [3.8, 4) is 0 Å². The third-order valence-corrected chi connectivity index (χ3v) is 2.63. The molecule has 0 saturated heterocycles. The average Bonchev–Trinajstić information content (AvgIpc) is 2.18. The largest absolute Gasteiger partial charge is 0.421 e. The Morgan fingerprint density at radius 1 is 1.25 bits per heavy atom. The Kier molecular flexibility index (Phi) is 2.74. The van der Waals surface area contributed by atoms with E-state index in [9.17, 15) is 9.59 Å². The predicted octanol–water partition coefficient (Wildman–Crippen LogP) is 3.30. The lowest BCUT2D eigenvalue weighted by Gasteiger charge is -2.01. The normalized spacial score (nSPS) is 10.7. The highest BCUT2D eigenvalue weighted by Crippen LogP contribution is 2.27. The van der Waals surface area contributed by atoms with Crippen LogP contribution >= 0.6 is 23.2 Å². The van der Waals surface area contributed by atoms with Crippen molar-refractivity contribution in [2.45, 2.75) is 6.92 Å². The highest BCUT2D eigenvalue weighted by Gasteiger charge is 2.11. The number of rotatable bonds is 1. The van der Waals surface area contributed by atoms with Crippen molar-refractivity contribution in [2.75, 3.05) is 0 Å². The van der Waals surface area contributed by atoms with E-state index < -0.39 is 5.63 Å². The zero-order valence-corrected chi connectivity index (χ0v) is 9.72. The van der Waals surface area contributed by atoms with Gasteiger partial charge in [0.1, 0.15) is 5.56 Å². The first-order chi connectivity index (χ1) is 7.49. The monoisotopic (exact) mass is 256 g/mol. The van der Waals surface area contributed by atoms with Crippen molar-refractivity contribution < 1.29 is 9.21 Å². The minimum Gasteiger partial charge on any atom is -0.421 e. The highest BCUT2D eigenvalue weighted by atomic mass is 35.5. The van der Waals surface area contributed by atoms with Crippen molar-refractivity contribution >= 4 is 40.0 Å². The van der Waals surface area contributed by atoms with Crippen molar-refractivity contribution in [3.63, 3.8) is 0 Å². The van der Waals surface area contributed by atoms with E-state index in [1.807, 2.05) is 0 Å². The molecule has 0 saturated carbocycles. The lowest BCUT2D eigenvalue weighted by molar-refractivity contribution is 0.101. The highest BCUT2D eigenvalue weighted by molar-refractivity contribution is 6.38. The molecule has 0 aliphatic carbocycles. The second-order valence-corrected chi connectivity index (χ2v) is 4.15. The molecule has 82 valence electrons. The van der Waals surface area contributed by atoms with Gasteiger partial charge in [0.2, 0.25) is 0 Å². The predicted molar refractivity (Wildman–Crippen MR) is 62.5 cm³/mol. The lowest BCUT2D eigenvalue weighted by atomic mass is 10.1. The maximum Gasteiger partial charge on any atom is 0.347 e. The second-order valence-electron chi connectivity index (χ2n) is 3.31. The van der Waals surface area contributed by atoms with Crippen LogP contribution in [0.2, 0.25) is 10.0 Å². The molecule has 3 nitrogen and oxygen atoms in total. The van der Waals surface area contributed by atoms with Crippen LogP contribution in [0, 0.1) is 0 Å². The summed E-state index contributed by atoms with van der Waals surface area (Å²) in [5.74, 6) is -0.355. The summed E-state index contributed by atoms with van der Waals surface area (Å²) < 4.78 is 4.97. The number of hydrogen-bond acceptors (Lipinski definition) is 3. The SMILES string of the molecule is CC(=O)c1cc2cc(Cl)cc(Cl)c2oc1=O. The third-order valence-electron chi connectivity index (χ3n) is 2.13.